The van der Waals surface area contributed by atoms with E-state index in [2.05, 4.69) is 11.5 Å². The van der Waals surface area contributed by atoms with E-state index in [4.69, 9.17) is 11.1 Å². The van der Waals surface area contributed by atoms with Crippen molar-refractivity contribution in [1.29, 1.82) is 5.26 Å². The summed E-state index contributed by atoms with van der Waals surface area (Å²) in [6.45, 7) is 5.88. The normalized spacial score (nSPS) is 19.1. The van der Waals surface area contributed by atoms with Gasteiger partial charge in [-0.25, -0.2) is 0 Å². The lowest BCUT2D eigenvalue weighted by Crippen LogP contribution is -2.39. The van der Waals surface area contributed by atoms with Crippen LogP contribution in [0.3, 0.4) is 0 Å². The van der Waals surface area contributed by atoms with Gasteiger partial charge in [-0.05, 0) is 19.8 Å². The molecule has 0 radical (unpaired) electrons. The Morgan fingerprint density at radius 1 is 1.40 bits per heavy atom. The second kappa shape index (κ2) is 4.26. The highest BCUT2D eigenvalue weighted by Crippen LogP contribution is 2.12. The molecule has 3 nitrogen and oxygen atoms in total. The number of nitrogens with two attached hydrogens (primary N) is 1. The van der Waals surface area contributed by atoms with Crippen molar-refractivity contribution < 1.29 is 0 Å². The second-order valence-corrected chi connectivity index (χ2v) is 2.73. The number of nitriles is 1. The number of hydrazine groups is 1. The molecule has 0 aromatic rings. The first-order valence-electron chi connectivity index (χ1n) is 3.49. The van der Waals surface area contributed by atoms with Crippen molar-refractivity contribution in [2.75, 3.05) is 0 Å². The van der Waals surface area contributed by atoms with Gasteiger partial charge >= 0.3 is 0 Å². The van der Waals surface area contributed by atoms with Crippen molar-refractivity contribution in [2.24, 2.45) is 17.7 Å². The lowest BCUT2D eigenvalue weighted by molar-refractivity contribution is 0.347. The van der Waals surface area contributed by atoms with Gasteiger partial charge in [0.15, 0.2) is 0 Å². The zero-order valence-corrected chi connectivity index (χ0v) is 6.76. The third-order valence-electron chi connectivity index (χ3n) is 2.04. The molecular formula is C7H15N3. The molecule has 10 heavy (non-hydrogen) atoms. The Morgan fingerprint density at radius 3 is 2.20 bits per heavy atom. The standard InChI is InChI=1S/C7H15N3/c1-5(4-8)6(2)7(3)10-9/h5-7,10H,9H2,1-3H3/t5-,6+,7?/m0/s1. The van der Waals surface area contributed by atoms with Crippen molar-refractivity contribution in [2.45, 2.75) is 26.8 Å². The molecular weight excluding hydrogens is 126 g/mol. The van der Waals surface area contributed by atoms with E-state index in [1.165, 1.54) is 0 Å². The molecule has 0 saturated heterocycles. The topological polar surface area (TPSA) is 61.8 Å². The van der Waals surface area contributed by atoms with Gasteiger partial charge in [0.1, 0.15) is 0 Å². The summed E-state index contributed by atoms with van der Waals surface area (Å²) in [6.07, 6.45) is 0. The van der Waals surface area contributed by atoms with Gasteiger partial charge in [0, 0.05) is 12.0 Å². The van der Waals surface area contributed by atoms with Crippen molar-refractivity contribution in [3.05, 3.63) is 0 Å². The van der Waals surface area contributed by atoms with Crippen LogP contribution in [0.15, 0.2) is 0 Å². The first kappa shape index (κ1) is 9.41. The fourth-order valence-corrected chi connectivity index (χ4v) is 0.702. The maximum absolute atomic E-state index is 8.53. The Bertz CT molecular complexity index is 127. The van der Waals surface area contributed by atoms with Gasteiger partial charge in [-0.15, -0.1) is 0 Å². The van der Waals surface area contributed by atoms with E-state index in [0.29, 0.717) is 5.92 Å². The smallest absolute Gasteiger partial charge is 0.0656 e. The van der Waals surface area contributed by atoms with Crippen LogP contribution in [0.2, 0.25) is 0 Å². The third-order valence-corrected chi connectivity index (χ3v) is 2.04. The van der Waals surface area contributed by atoms with Gasteiger partial charge in [0.05, 0.1) is 6.07 Å². The summed E-state index contributed by atoms with van der Waals surface area (Å²) >= 11 is 0. The molecule has 3 N–H and O–H groups in total. The number of nitrogens with zero attached hydrogens (tertiary/aromatic N) is 1. The Balaban J connectivity index is 3.84. The van der Waals surface area contributed by atoms with E-state index in [0.717, 1.165) is 0 Å². The van der Waals surface area contributed by atoms with Crippen molar-refractivity contribution in [1.82, 2.24) is 5.43 Å². The summed E-state index contributed by atoms with van der Waals surface area (Å²) in [5, 5.41) is 8.53. The second-order valence-electron chi connectivity index (χ2n) is 2.73. The summed E-state index contributed by atoms with van der Waals surface area (Å²) in [5.74, 6) is 5.57. The van der Waals surface area contributed by atoms with Gasteiger partial charge in [0.2, 0.25) is 0 Å². The van der Waals surface area contributed by atoms with Crippen LogP contribution in [0.25, 0.3) is 0 Å². The third kappa shape index (κ3) is 2.34. The van der Waals surface area contributed by atoms with Crippen LogP contribution in [-0.2, 0) is 0 Å². The molecule has 0 amide bonds. The predicted molar refractivity (Wildman–Crippen MR) is 40.7 cm³/mol. The van der Waals surface area contributed by atoms with Crippen molar-refractivity contribution >= 4 is 0 Å². The molecule has 0 aromatic carbocycles. The molecule has 0 saturated carbocycles. The first-order valence-corrected chi connectivity index (χ1v) is 3.49. The molecule has 3 heteroatoms. The van der Waals surface area contributed by atoms with Crippen molar-refractivity contribution in [3.63, 3.8) is 0 Å². The minimum atomic E-state index is 0.0612. The van der Waals surface area contributed by atoms with Crippen LogP contribution in [0.1, 0.15) is 20.8 Å². The van der Waals surface area contributed by atoms with E-state index < -0.39 is 0 Å². The minimum absolute atomic E-state index is 0.0612. The lowest BCUT2D eigenvalue weighted by Gasteiger charge is -2.20. The molecule has 0 fully saturated rings. The fourth-order valence-electron chi connectivity index (χ4n) is 0.702. The predicted octanol–water partition coefficient (Wildman–Crippen LogP) is 0.634. The maximum Gasteiger partial charge on any atom is 0.0656 e. The average molecular weight is 141 g/mol. The zero-order valence-electron chi connectivity index (χ0n) is 6.76. The van der Waals surface area contributed by atoms with Gasteiger partial charge < -0.3 is 0 Å². The molecule has 0 spiro atoms. The summed E-state index contributed by atoms with van der Waals surface area (Å²) in [5.41, 5.74) is 2.63. The minimum Gasteiger partial charge on any atom is -0.271 e. The molecule has 58 valence electrons. The highest BCUT2D eigenvalue weighted by Gasteiger charge is 2.16. The van der Waals surface area contributed by atoms with Crippen LogP contribution >= 0.6 is 0 Å². The van der Waals surface area contributed by atoms with Crippen LogP contribution < -0.4 is 11.3 Å². The molecule has 0 aromatic heterocycles. The largest absolute Gasteiger partial charge is 0.271 e. The number of nitrogens with one attached hydrogen (secondary N) is 1. The summed E-state index contributed by atoms with van der Waals surface area (Å²) in [4.78, 5) is 0. The number of hydrogen-bond donors (Lipinski definition) is 2. The van der Waals surface area contributed by atoms with E-state index >= 15 is 0 Å². The Morgan fingerprint density at radius 2 is 1.90 bits per heavy atom. The van der Waals surface area contributed by atoms with Gasteiger partial charge in [-0.1, -0.05) is 6.92 Å². The molecule has 0 aliphatic carbocycles. The Hall–Kier alpha value is -0.590. The SMILES string of the molecule is CC(NN)[C@H](C)[C@@H](C)C#N. The highest BCUT2D eigenvalue weighted by molar-refractivity contribution is 4.86. The molecule has 0 bridgehead atoms. The summed E-state index contributed by atoms with van der Waals surface area (Å²) in [7, 11) is 0. The monoisotopic (exact) mass is 141 g/mol. The highest BCUT2D eigenvalue weighted by atomic mass is 15.2. The molecule has 3 atom stereocenters. The number of hydrogen-bond acceptors (Lipinski definition) is 3. The molecule has 0 heterocycles. The Labute approximate surface area is 62.2 Å². The maximum atomic E-state index is 8.53. The lowest BCUT2D eigenvalue weighted by atomic mass is 9.91. The molecule has 0 rings (SSSR count). The van der Waals surface area contributed by atoms with Gasteiger partial charge in [0.25, 0.3) is 0 Å². The first-order chi connectivity index (χ1) is 4.63. The van der Waals surface area contributed by atoms with Crippen LogP contribution in [0.5, 0.6) is 0 Å². The van der Waals surface area contributed by atoms with Crippen LogP contribution in [-0.4, -0.2) is 6.04 Å². The van der Waals surface area contributed by atoms with Crippen LogP contribution in [0.4, 0.5) is 0 Å². The van der Waals surface area contributed by atoms with E-state index in [1.807, 2.05) is 20.8 Å². The summed E-state index contributed by atoms with van der Waals surface area (Å²) < 4.78 is 0. The van der Waals surface area contributed by atoms with Gasteiger partial charge in [-0.2, -0.15) is 5.26 Å². The average Bonchev–Trinajstić information content (AvgIpc) is 2.00. The van der Waals surface area contributed by atoms with Crippen LogP contribution in [0, 0.1) is 23.2 Å². The fraction of sp³-hybridized carbons (Fsp3) is 0.857. The molecule has 1 unspecified atom stereocenters. The van der Waals surface area contributed by atoms with Gasteiger partial charge in [-0.3, -0.25) is 11.3 Å². The Kier molecular flexibility index (Phi) is 4.01. The van der Waals surface area contributed by atoms with E-state index in [9.17, 15) is 0 Å². The van der Waals surface area contributed by atoms with E-state index in [-0.39, 0.29) is 12.0 Å². The zero-order chi connectivity index (χ0) is 8.15. The summed E-state index contributed by atoms with van der Waals surface area (Å²) in [6, 6.07) is 2.39. The number of rotatable bonds is 3. The quantitative estimate of drug-likeness (QED) is 0.447. The molecule has 0 aliphatic heterocycles. The molecule has 0 aliphatic rings. The van der Waals surface area contributed by atoms with Crippen molar-refractivity contribution in [3.8, 4) is 6.07 Å². The van der Waals surface area contributed by atoms with E-state index in [1.54, 1.807) is 0 Å².